The monoisotopic (exact) mass is 738 g/mol. The third kappa shape index (κ3) is 7.87. The molecule has 0 N–H and O–H groups in total. The molecule has 0 saturated heterocycles. The minimum absolute atomic E-state index is 0.0244. The molecule has 244 valence electrons. The van der Waals surface area contributed by atoms with Crippen molar-refractivity contribution in [1.82, 2.24) is 8.02 Å². The number of fused-ring (bicyclic) bond motifs is 1. The van der Waals surface area contributed by atoms with Gasteiger partial charge in [0.1, 0.15) is 4.90 Å². The molecule has 1 aliphatic heterocycles. The van der Waals surface area contributed by atoms with E-state index in [0.29, 0.717) is 14.4 Å². The number of alkyl halides is 1. The standard InChI is InChI=1S/C32H39BrN2O7S3/c1-25-15-19-28(20-16-25)43(37,38)34(44(39,40)29-21-17-26(2)18-22-29)24-27(12-8-6-4-3-5-7-11-23-33)35-32(36)30-13-9-10-14-31(30)45(35,41)42/h9-10,13-22,27H,3-8,11-12,23-24H2,1-2H3. The van der Waals surface area contributed by atoms with Crippen molar-refractivity contribution in [3.05, 3.63) is 89.5 Å². The smallest absolute Gasteiger partial charge is 0.268 e. The van der Waals surface area contributed by atoms with Gasteiger partial charge in [-0.3, -0.25) is 4.79 Å². The van der Waals surface area contributed by atoms with E-state index in [-0.39, 0.29) is 26.7 Å². The summed E-state index contributed by atoms with van der Waals surface area (Å²) in [7, 11) is -13.8. The summed E-state index contributed by atoms with van der Waals surface area (Å²) in [5.74, 6) is -0.800. The second-order valence-corrected chi connectivity index (χ2v) is 17.8. The molecule has 1 amide bonds. The second kappa shape index (κ2) is 14.9. The Bertz CT molecular complexity index is 1740. The van der Waals surface area contributed by atoms with Crippen LogP contribution in [0.15, 0.2) is 87.5 Å². The van der Waals surface area contributed by atoms with Crippen molar-refractivity contribution in [2.45, 2.75) is 85.9 Å². The maximum atomic E-state index is 14.1. The Kier molecular flexibility index (Phi) is 11.7. The maximum absolute atomic E-state index is 14.1. The number of sulfonamides is 3. The number of carbonyl (C=O) groups is 1. The summed E-state index contributed by atoms with van der Waals surface area (Å²) in [6, 6.07) is 16.0. The molecule has 0 saturated carbocycles. The number of benzene rings is 3. The van der Waals surface area contributed by atoms with Gasteiger partial charge in [-0.15, -0.1) is 0 Å². The zero-order valence-corrected chi connectivity index (χ0v) is 29.5. The molecule has 0 radical (unpaired) electrons. The average Bonchev–Trinajstić information content (AvgIpc) is 3.21. The zero-order valence-electron chi connectivity index (χ0n) is 25.4. The van der Waals surface area contributed by atoms with E-state index in [0.717, 1.165) is 55.0 Å². The molecule has 45 heavy (non-hydrogen) atoms. The van der Waals surface area contributed by atoms with Gasteiger partial charge in [-0.2, -0.15) is 0 Å². The molecule has 0 bridgehead atoms. The van der Waals surface area contributed by atoms with E-state index in [9.17, 15) is 30.0 Å². The number of aryl methyl sites for hydroxylation is 2. The molecule has 1 aliphatic rings. The van der Waals surface area contributed by atoms with E-state index in [2.05, 4.69) is 15.9 Å². The lowest BCUT2D eigenvalue weighted by Gasteiger charge is -2.31. The first kappa shape index (κ1) is 35.3. The number of hydrogen-bond donors (Lipinski definition) is 0. The first-order valence-corrected chi connectivity index (χ1v) is 20.4. The van der Waals surface area contributed by atoms with E-state index in [1.165, 1.54) is 42.5 Å². The van der Waals surface area contributed by atoms with Crippen LogP contribution >= 0.6 is 15.9 Å². The van der Waals surface area contributed by atoms with Crippen LogP contribution in [0.1, 0.15) is 72.9 Å². The van der Waals surface area contributed by atoms with Gasteiger partial charge in [0.25, 0.3) is 36.0 Å². The molecule has 0 fully saturated rings. The van der Waals surface area contributed by atoms with Gasteiger partial charge < -0.3 is 0 Å². The topological polar surface area (TPSA) is 126 Å². The van der Waals surface area contributed by atoms with Crippen molar-refractivity contribution < 1.29 is 30.0 Å². The number of amides is 1. The van der Waals surface area contributed by atoms with Crippen LogP contribution in [0, 0.1) is 13.8 Å². The van der Waals surface area contributed by atoms with E-state index >= 15 is 0 Å². The van der Waals surface area contributed by atoms with E-state index in [4.69, 9.17) is 0 Å². The summed E-state index contributed by atoms with van der Waals surface area (Å²) < 4.78 is 85.1. The molecule has 1 heterocycles. The molecule has 9 nitrogen and oxygen atoms in total. The lowest BCUT2D eigenvalue weighted by molar-refractivity contribution is 0.0820. The van der Waals surface area contributed by atoms with E-state index in [1.54, 1.807) is 44.2 Å². The number of unbranched alkanes of at least 4 members (excludes halogenated alkanes) is 6. The van der Waals surface area contributed by atoms with Crippen LogP contribution in [0.25, 0.3) is 0 Å². The molecule has 0 aliphatic carbocycles. The average molecular weight is 740 g/mol. The predicted octanol–water partition coefficient (Wildman–Crippen LogP) is 6.41. The van der Waals surface area contributed by atoms with E-state index in [1.807, 2.05) is 0 Å². The summed E-state index contributed by atoms with van der Waals surface area (Å²) >= 11 is 3.43. The van der Waals surface area contributed by atoms with Gasteiger partial charge in [-0.05, 0) is 63.1 Å². The van der Waals surface area contributed by atoms with Gasteiger partial charge in [-0.1, -0.05) is 106 Å². The van der Waals surface area contributed by atoms with Crippen LogP contribution in [0.5, 0.6) is 0 Å². The number of rotatable bonds is 16. The van der Waals surface area contributed by atoms with Crippen molar-refractivity contribution >= 4 is 51.9 Å². The SMILES string of the molecule is Cc1ccc(S(=O)(=O)N(CC(CCCCCCCCCBr)N2C(=O)c3ccccc3S2(=O)=O)S(=O)(=O)c2ccc(C)cc2)cc1. The third-order valence-electron chi connectivity index (χ3n) is 7.89. The van der Waals surface area contributed by atoms with Gasteiger partial charge in [-0.25, -0.2) is 29.6 Å². The first-order chi connectivity index (χ1) is 21.3. The minimum atomic E-state index is -4.72. The molecule has 1 atom stereocenters. The largest absolute Gasteiger partial charge is 0.269 e. The van der Waals surface area contributed by atoms with Gasteiger partial charge in [0.15, 0.2) is 0 Å². The van der Waals surface area contributed by atoms with Crippen molar-refractivity contribution in [1.29, 1.82) is 0 Å². The van der Waals surface area contributed by atoms with Gasteiger partial charge in [0, 0.05) is 5.33 Å². The molecule has 3 aromatic carbocycles. The minimum Gasteiger partial charge on any atom is -0.268 e. The number of carbonyl (C=O) groups excluding carboxylic acids is 1. The van der Waals surface area contributed by atoms with Crippen LogP contribution in [-0.4, -0.2) is 57.1 Å². The number of hydrogen-bond acceptors (Lipinski definition) is 7. The number of nitrogens with zero attached hydrogens (tertiary/aromatic N) is 2. The lowest BCUT2D eigenvalue weighted by Crippen LogP contribution is -2.50. The van der Waals surface area contributed by atoms with E-state index < -0.39 is 48.6 Å². The molecule has 0 spiro atoms. The highest BCUT2D eigenvalue weighted by molar-refractivity contribution is 9.09. The molecular formula is C32H39BrN2O7S3. The van der Waals surface area contributed by atoms with Gasteiger partial charge in [0.2, 0.25) is 0 Å². The van der Waals surface area contributed by atoms with Crippen molar-refractivity contribution in [2.24, 2.45) is 0 Å². The maximum Gasteiger partial charge on any atom is 0.269 e. The summed E-state index contributed by atoms with van der Waals surface area (Å²) in [6.45, 7) is 2.78. The summed E-state index contributed by atoms with van der Waals surface area (Å²) in [5.41, 5.74) is 1.53. The molecule has 0 aromatic heterocycles. The summed E-state index contributed by atoms with van der Waals surface area (Å²) in [6.07, 6.45) is 6.37. The fraction of sp³-hybridized carbons (Fsp3) is 0.406. The molecular weight excluding hydrogens is 700 g/mol. The Morgan fingerprint density at radius 1 is 0.711 bits per heavy atom. The quantitative estimate of drug-likeness (QED) is 0.123. The normalized spacial score (nSPS) is 15.4. The molecule has 4 rings (SSSR count). The Labute approximate surface area is 275 Å². The highest BCUT2D eigenvalue weighted by Crippen LogP contribution is 2.35. The zero-order chi connectivity index (χ0) is 32.8. The second-order valence-electron chi connectivity index (χ2n) is 11.3. The Balaban J connectivity index is 1.75. The van der Waals surface area contributed by atoms with Crippen LogP contribution < -0.4 is 0 Å². The van der Waals surface area contributed by atoms with Crippen molar-refractivity contribution in [3.63, 3.8) is 0 Å². The van der Waals surface area contributed by atoms with Crippen LogP contribution in [-0.2, 0) is 30.1 Å². The van der Waals surface area contributed by atoms with Crippen LogP contribution in [0.4, 0.5) is 0 Å². The first-order valence-electron chi connectivity index (χ1n) is 15.0. The van der Waals surface area contributed by atoms with Crippen LogP contribution in [0.3, 0.4) is 0 Å². The molecule has 1 unspecified atom stereocenters. The van der Waals surface area contributed by atoms with Crippen LogP contribution in [0.2, 0.25) is 0 Å². The number of halogens is 1. The lowest BCUT2D eigenvalue weighted by atomic mass is 10.0. The highest BCUT2D eigenvalue weighted by atomic mass is 79.9. The third-order valence-corrected chi connectivity index (χ3v) is 14.6. The van der Waals surface area contributed by atoms with Crippen molar-refractivity contribution in [3.8, 4) is 0 Å². The van der Waals surface area contributed by atoms with Gasteiger partial charge in [0.05, 0.1) is 27.9 Å². The Morgan fingerprint density at radius 2 is 1.18 bits per heavy atom. The Hall–Kier alpha value is -2.58. The van der Waals surface area contributed by atoms with Gasteiger partial charge >= 0.3 is 0 Å². The fourth-order valence-corrected chi connectivity index (χ4v) is 11.2. The Morgan fingerprint density at radius 3 is 1.67 bits per heavy atom. The summed E-state index contributed by atoms with van der Waals surface area (Å²) in [4.78, 5) is 12.9. The van der Waals surface area contributed by atoms with Crippen molar-refractivity contribution in [2.75, 3.05) is 11.9 Å². The highest BCUT2D eigenvalue weighted by Gasteiger charge is 2.48. The fourth-order valence-electron chi connectivity index (χ4n) is 5.36. The predicted molar refractivity (Wildman–Crippen MR) is 178 cm³/mol. The molecule has 3 aromatic rings. The molecule has 13 heteroatoms. The summed E-state index contributed by atoms with van der Waals surface area (Å²) in [5, 5.41) is 0.947.